The summed E-state index contributed by atoms with van der Waals surface area (Å²) in [5, 5.41) is 0.856. The monoisotopic (exact) mass is 404 g/mol. The highest BCUT2D eigenvalue weighted by atomic mass is 16.8. The summed E-state index contributed by atoms with van der Waals surface area (Å²) >= 11 is 0. The maximum Gasteiger partial charge on any atom is 0.300 e. The van der Waals surface area contributed by atoms with Gasteiger partial charge in [0.05, 0.1) is 7.11 Å². The average Bonchev–Trinajstić information content (AvgIpc) is 2.68. The van der Waals surface area contributed by atoms with Crippen LogP contribution >= 0.6 is 0 Å². The fourth-order valence-corrected chi connectivity index (χ4v) is 3.27. The molecule has 0 spiro atoms. The topological polar surface area (TPSA) is 68.3 Å². The van der Waals surface area contributed by atoms with E-state index in [-0.39, 0.29) is 24.5 Å². The highest BCUT2D eigenvalue weighted by molar-refractivity contribution is 6.07. The zero-order valence-corrected chi connectivity index (χ0v) is 18.2. The zero-order chi connectivity index (χ0) is 21.6. The van der Waals surface area contributed by atoms with Gasteiger partial charge in [0.15, 0.2) is 6.79 Å². The van der Waals surface area contributed by atoms with Crippen LogP contribution in [0.1, 0.15) is 39.7 Å². The number of carbonyl (C=O) groups is 2. The van der Waals surface area contributed by atoms with Crippen molar-refractivity contribution in [1.29, 1.82) is 0 Å². The van der Waals surface area contributed by atoms with Crippen LogP contribution < -0.4 is 4.74 Å². The van der Waals surface area contributed by atoms with Gasteiger partial charge >= 0.3 is 5.91 Å². The molecule has 1 aromatic rings. The van der Waals surface area contributed by atoms with Crippen LogP contribution in [-0.4, -0.2) is 48.8 Å². The molecule has 0 aromatic heterocycles. The quantitative estimate of drug-likeness (QED) is 0.357. The summed E-state index contributed by atoms with van der Waals surface area (Å²) in [5.74, 6) is 0.324. The van der Waals surface area contributed by atoms with Crippen LogP contribution in [0.25, 0.3) is 0 Å². The summed E-state index contributed by atoms with van der Waals surface area (Å²) in [6.07, 6.45) is 2.49. The van der Waals surface area contributed by atoms with E-state index in [9.17, 15) is 9.59 Å². The molecular formula is C22H32N2O5. The number of hydroxylamine groups is 2. The van der Waals surface area contributed by atoms with E-state index in [1.165, 1.54) is 7.11 Å². The lowest BCUT2D eigenvalue weighted by atomic mass is 9.97. The second-order valence-electron chi connectivity index (χ2n) is 7.89. The largest absolute Gasteiger partial charge is 0.497 e. The van der Waals surface area contributed by atoms with E-state index in [1.54, 1.807) is 7.11 Å². The van der Waals surface area contributed by atoms with E-state index in [2.05, 4.69) is 13.8 Å². The fraction of sp³-hybridized carbons (Fsp3) is 0.545. The molecule has 0 radical (unpaired) electrons. The van der Waals surface area contributed by atoms with Gasteiger partial charge in [-0.3, -0.25) is 9.59 Å². The summed E-state index contributed by atoms with van der Waals surface area (Å²) in [4.78, 5) is 33.5. The van der Waals surface area contributed by atoms with Gasteiger partial charge in [-0.05, 0) is 36.0 Å². The van der Waals surface area contributed by atoms with Gasteiger partial charge in [-0.1, -0.05) is 45.9 Å². The Morgan fingerprint density at radius 1 is 1.07 bits per heavy atom. The van der Waals surface area contributed by atoms with Gasteiger partial charge in [0, 0.05) is 13.7 Å². The van der Waals surface area contributed by atoms with Crippen molar-refractivity contribution in [1.82, 2.24) is 9.96 Å². The molecule has 1 fully saturated rings. The van der Waals surface area contributed by atoms with E-state index in [1.807, 2.05) is 49.1 Å². The Kier molecular flexibility index (Phi) is 8.22. The van der Waals surface area contributed by atoms with Gasteiger partial charge < -0.3 is 14.4 Å². The Morgan fingerprint density at radius 2 is 1.72 bits per heavy atom. The van der Waals surface area contributed by atoms with Crippen LogP contribution in [0.15, 0.2) is 36.0 Å². The zero-order valence-electron chi connectivity index (χ0n) is 18.2. The molecule has 7 heteroatoms. The Labute approximate surface area is 173 Å². The minimum absolute atomic E-state index is 0.129. The highest BCUT2D eigenvalue weighted by Crippen LogP contribution is 2.29. The van der Waals surface area contributed by atoms with Crippen molar-refractivity contribution in [3.8, 4) is 5.75 Å². The standard InChI is InChI=1S/C22H32N2O5/c1-15(2)11-19-21(25)24(29-14-27-5)22(26)20(12-16(3)4)23(19)13-17-7-9-18(28-6)10-8-17/h7-11,15-16,20H,12-14H2,1-6H3/b19-11-/t20-/m0/s1. The molecule has 0 unspecified atom stereocenters. The summed E-state index contributed by atoms with van der Waals surface area (Å²) in [5.41, 5.74) is 1.46. The number of ether oxygens (including phenoxy) is 2. The second-order valence-corrected chi connectivity index (χ2v) is 7.89. The van der Waals surface area contributed by atoms with E-state index < -0.39 is 11.9 Å². The van der Waals surface area contributed by atoms with Crippen molar-refractivity contribution in [2.75, 3.05) is 21.0 Å². The Bertz CT molecular complexity index is 727. The number of imide groups is 1. The molecule has 1 atom stereocenters. The number of allylic oxidation sites excluding steroid dienone is 1. The molecular weight excluding hydrogens is 372 g/mol. The van der Waals surface area contributed by atoms with Gasteiger partial charge in [0.25, 0.3) is 5.91 Å². The highest BCUT2D eigenvalue weighted by Gasteiger charge is 2.44. The first-order valence-corrected chi connectivity index (χ1v) is 9.90. The molecule has 1 saturated heterocycles. The number of piperazine rings is 1. The van der Waals surface area contributed by atoms with Gasteiger partial charge in [-0.15, -0.1) is 5.06 Å². The molecule has 0 saturated carbocycles. The molecule has 2 rings (SSSR count). The van der Waals surface area contributed by atoms with E-state index >= 15 is 0 Å². The summed E-state index contributed by atoms with van der Waals surface area (Å²) in [6.45, 7) is 8.39. The molecule has 160 valence electrons. The van der Waals surface area contributed by atoms with Crippen molar-refractivity contribution < 1.29 is 23.9 Å². The van der Waals surface area contributed by atoms with Gasteiger partial charge in [-0.25, -0.2) is 4.84 Å². The molecule has 1 aromatic carbocycles. The van der Waals surface area contributed by atoms with Crippen molar-refractivity contribution in [2.24, 2.45) is 11.8 Å². The molecule has 0 N–H and O–H groups in total. The second kappa shape index (κ2) is 10.4. The minimum Gasteiger partial charge on any atom is -0.497 e. The third-order valence-electron chi connectivity index (χ3n) is 4.57. The number of nitrogens with zero attached hydrogens (tertiary/aromatic N) is 2. The lowest BCUT2D eigenvalue weighted by Gasteiger charge is -2.42. The minimum atomic E-state index is -0.503. The molecule has 7 nitrogen and oxygen atoms in total. The number of rotatable bonds is 9. The molecule has 0 aliphatic carbocycles. The Morgan fingerprint density at radius 3 is 2.24 bits per heavy atom. The molecule has 1 heterocycles. The van der Waals surface area contributed by atoms with Crippen LogP contribution in [0.4, 0.5) is 0 Å². The lowest BCUT2D eigenvalue weighted by molar-refractivity contribution is -0.226. The van der Waals surface area contributed by atoms with Crippen LogP contribution in [0.3, 0.4) is 0 Å². The smallest absolute Gasteiger partial charge is 0.300 e. The fourth-order valence-electron chi connectivity index (χ4n) is 3.27. The predicted octanol–water partition coefficient (Wildman–Crippen LogP) is 3.36. The first-order chi connectivity index (χ1) is 13.8. The van der Waals surface area contributed by atoms with Crippen LogP contribution in [0, 0.1) is 11.8 Å². The first-order valence-electron chi connectivity index (χ1n) is 9.90. The third-order valence-corrected chi connectivity index (χ3v) is 4.57. The molecule has 2 amide bonds. The SMILES string of the molecule is COCON1C(=O)/C(=C/C(C)C)N(Cc2ccc(OC)cc2)[C@@H](CC(C)C)C1=O. The van der Waals surface area contributed by atoms with Crippen molar-refractivity contribution in [3.05, 3.63) is 41.6 Å². The summed E-state index contributed by atoms with van der Waals surface area (Å²) in [6, 6.07) is 7.14. The summed E-state index contributed by atoms with van der Waals surface area (Å²) < 4.78 is 10.1. The normalized spacial score (nSPS) is 19.0. The number of hydrogen-bond donors (Lipinski definition) is 0. The predicted molar refractivity (Wildman–Crippen MR) is 110 cm³/mol. The van der Waals surface area contributed by atoms with Crippen molar-refractivity contribution in [3.63, 3.8) is 0 Å². The third kappa shape index (κ3) is 5.81. The number of amides is 2. The number of methoxy groups -OCH3 is 2. The Balaban J connectivity index is 2.44. The van der Waals surface area contributed by atoms with Crippen molar-refractivity contribution in [2.45, 2.75) is 46.7 Å². The van der Waals surface area contributed by atoms with Crippen LogP contribution in [-0.2, 0) is 25.7 Å². The van der Waals surface area contributed by atoms with Crippen molar-refractivity contribution >= 4 is 11.8 Å². The van der Waals surface area contributed by atoms with Gasteiger partial charge in [-0.2, -0.15) is 0 Å². The maximum absolute atomic E-state index is 13.1. The van der Waals surface area contributed by atoms with E-state index in [0.29, 0.717) is 18.7 Å². The maximum atomic E-state index is 13.1. The molecule has 1 aliphatic rings. The van der Waals surface area contributed by atoms with E-state index in [4.69, 9.17) is 14.3 Å². The van der Waals surface area contributed by atoms with Crippen LogP contribution in [0.5, 0.6) is 5.75 Å². The summed E-state index contributed by atoms with van der Waals surface area (Å²) in [7, 11) is 3.07. The van der Waals surface area contributed by atoms with Crippen LogP contribution in [0.2, 0.25) is 0 Å². The molecule has 1 aliphatic heterocycles. The van der Waals surface area contributed by atoms with E-state index in [0.717, 1.165) is 16.4 Å². The van der Waals surface area contributed by atoms with Gasteiger partial charge in [0.2, 0.25) is 0 Å². The average molecular weight is 405 g/mol. The van der Waals surface area contributed by atoms with Gasteiger partial charge in [0.1, 0.15) is 17.5 Å². The molecule has 29 heavy (non-hydrogen) atoms. The Hall–Kier alpha value is -2.38. The number of hydrogen-bond acceptors (Lipinski definition) is 6. The lowest BCUT2D eigenvalue weighted by Crippen LogP contribution is -2.58. The molecule has 0 bridgehead atoms. The number of benzene rings is 1. The number of carbonyl (C=O) groups excluding carboxylic acids is 2. The first kappa shape index (κ1) is 22.9.